The number of hydrogen-bond acceptors (Lipinski definition) is 6. The number of guanidine groups is 2. The molecule has 3 heterocycles. The number of carbonyl (C=O) groups is 1. The average molecular weight is 503 g/mol. The van der Waals surface area contributed by atoms with Gasteiger partial charge in [-0.25, -0.2) is 9.79 Å². The van der Waals surface area contributed by atoms with E-state index in [-0.39, 0.29) is 18.0 Å². The number of nitrogens with two attached hydrogens (primary N) is 2. The van der Waals surface area contributed by atoms with Crippen molar-refractivity contribution in [3.05, 3.63) is 11.3 Å². The van der Waals surface area contributed by atoms with E-state index in [4.69, 9.17) is 21.2 Å². The van der Waals surface area contributed by atoms with Gasteiger partial charge in [-0.3, -0.25) is 4.99 Å². The molecule has 5 N–H and O–H groups in total. The van der Waals surface area contributed by atoms with Crippen LogP contribution in [-0.4, -0.2) is 54.1 Å². The van der Waals surface area contributed by atoms with Gasteiger partial charge in [-0.2, -0.15) is 0 Å². The predicted octanol–water partition coefficient (Wildman–Crippen LogP) is 4.73. The van der Waals surface area contributed by atoms with Gasteiger partial charge in [0.25, 0.3) is 0 Å². The minimum atomic E-state index is -0.189. The van der Waals surface area contributed by atoms with Crippen LogP contribution in [0.15, 0.2) is 21.3 Å². The van der Waals surface area contributed by atoms with Crippen LogP contribution in [0.4, 0.5) is 0 Å². The fourth-order valence-corrected chi connectivity index (χ4v) is 5.78. The molecule has 0 aromatic rings. The number of nitrogens with one attached hydrogen (secondary N) is 1. The summed E-state index contributed by atoms with van der Waals surface area (Å²) in [5, 5.41) is 3.77. The molecule has 0 bridgehead atoms. The minimum absolute atomic E-state index is 0.102. The largest absolute Gasteiger partial charge is 0.462 e. The Bertz CT molecular complexity index is 789. The van der Waals surface area contributed by atoms with E-state index in [2.05, 4.69) is 29.1 Å². The average Bonchev–Trinajstić information content (AvgIpc) is 3.28. The van der Waals surface area contributed by atoms with Gasteiger partial charge >= 0.3 is 5.97 Å². The molecule has 8 nitrogen and oxygen atoms in total. The molecular formula is C28H50N6O2. The second-order valence-electron chi connectivity index (χ2n) is 10.7. The number of rotatable bonds is 17. The Morgan fingerprint density at radius 2 is 1.75 bits per heavy atom. The molecule has 0 aromatic heterocycles. The molecule has 2 fully saturated rings. The van der Waals surface area contributed by atoms with Crippen molar-refractivity contribution in [3.8, 4) is 0 Å². The summed E-state index contributed by atoms with van der Waals surface area (Å²) in [6.07, 6.45) is 18.2. The number of carbonyl (C=O) groups excluding carboxylic acids is 1. The zero-order valence-corrected chi connectivity index (χ0v) is 22.8. The Hall–Kier alpha value is -2.25. The quantitative estimate of drug-likeness (QED) is 0.114. The first-order valence-corrected chi connectivity index (χ1v) is 14.6. The van der Waals surface area contributed by atoms with Crippen LogP contribution >= 0.6 is 0 Å². The third-order valence-corrected chi connectivity index (χ3v) is 7.70. The number of hydrogen-bond donors (Lipinski definition) is 3. The molecule has 3 atom stereocenters. The van der Waals surface area contributed by atoms with Gasteiger partial charge in [-0.1, -0.05) is 71.6 Å². The highest BCUT2D eigenvalue weighted by Gasteiger charge is 2.44. The van der Waals surface area contributed by atoms with Crippen molar-refractivity contribution < 1.29 is 9.53 Å². The molecule has 8 heteroatoms. The monoisotopic (exact) mass is 502 g/mol. The lowest BCUT2D eigenvalue weighted by Gasteiger charge is -2.42. The highest BCUT2D eigenvalue weighted by molar-refractivity contribution is 5.96. The second kappa shape index (κ2) is 15.1. The van der Waals surface area contributed by atoms with Gasteiger partial charge in [-0.05, 0) is 44.9 Å². The molecule has 0 aromatic carbocycles. The zero-order chi connectivity index (χ0) is 25.8. The van der Waals surface area contributed by atoms with E-state index >= 15 is 0 Å². The molecule has 0 amide bonds. The molecule has 0 aliphatic carbocycles. The van der Waals surface area contributed by atoms with Crippen molar-refractivity contribution in [2.24, 2.45) is 21.5 Å². The Labute approximate surface area is 218 Å². The number of esters is 1. The summed E-state index contributed by atoms with van der Waals surface area (Å²) in [6.45, 7) is 5.42. The number of nitrogens with zero attached hydrogens (tertiary/aromatic N) is 3. The summed E-state index contributed by atoms with van der Waals surface area (Å²) in [4.78, 5) is 24.8. The summed E-state index contributed by atoms with van der Waals surface area (Å²) in [6, 6.07) is 0.834. The number of aliphatic imine (C=N–C) groups is 2. The van der Waals surface area contributed by atoms with Crippen molar-refractivity contribution in [2.45, 2.75) is 135 Å². The topological polar surface area (TPSA) is 118 Å². The van der Waals surface area contributed by atoms with Crippen LogP contribution in [0.25, 0.3) is 0 Å². The van der Waals surface area contributed by atoms with Crippen LogP contribution in [0.3, 0.4) is 0 Å². The fourth-order valence-electron chi connectivity index (χ4n) is 5.78. The number of unbranched alkanes of at least 4 members (excludes halogenated alkanes) is 8. The van der Waals surface area contributed by atoms with Gasteiger partial charge in [0.15, 0.2) is 11.9 Å². The van der Waals surface area contributed by atoms with Crippen molar-refractivity contribution in [1.29, 1.82) is 0 Å². The first-order valence-electron chi connectivity index (χ1n) is 14.6. The van der Waals surface area contributed by atoms with Gasteiger partial charge in [0, 0.05) is 24.3 Å². The summed E-state index contributed by atoms with van der Waals surface area (Å²) in [5.74, 6) is 0.917. The maximum atomic E-state index is 13.3. The van der Waals surface area contributed by atoms with Crippen LogP contribution in [0.2, 0.25) is 0 Å². The van der Waals surface area contributed by atoms with Gasteiger partial charge in [0.05, 0.1) is 18.2 Å². The van der Waals surface area contributed by atoms with Crippen molar-refractivity contribution in [2.75, 3.05) is 13.2 Å². The second-order valence-corrected chi connectivity index (χ2v) is 10.7. The molecule has 3 aliphatic heterocycles. The van der Waals surface area contributed by atoms with Crippen LogP contribution < -0.4 is 16.8 Å². The Morgan fingerprint density at radius 1 is 1.03 bits per heavy atom. The Morgan fingerprint density at radius 3 is 2.53 bits per heavy atom. The van der Waals surface area contributed by atoms with E-state index in [9.17, 15) is 4.79 Å². The molecule has 0 radical (unpaired) electrons. The summed E-state index contributed by atoms with van der Waals surface area (Å²) in [7, 11) is 0. The lowest BCUT2D eigenvalue weighted by Crippen LogP contribution is -2.56. The smallest absolute Gasteiger partial charge is 0.337 e. The molecule has 2 saturated heterocycles. The Kier molecular flexibility index (Phi) is 11.9. The highest BCUT2D eigenvalue weighted by atomic mass is 16.5. The van der Waals surface area contributed by atoms with Crippen molar-refractivity contribution in [3.63, 3.8) is 0 Å². The third kappa shape index (κ3) is 8.13. The summed E-state index contributed by atoms with van der Waals surface area (Å²) >= 11 is 0. The maximum Gasteiger partial charge on any atom is 0.337 e. The number of ether oxygens (including phenoxy) is 1. The summed E-state index contributed by atoms with van der Waals surface area (Å²) < 4.78 is 5.75. The zero-order valence-electron chi connectivity index (χ0n) is 22.8. The van der Waals surface area contributed by atoms with E-state index in [1.165, 1.54) is 44.9 Å². The van der Waals surface area contributed by atoms with E-state index in [1.807, 2.05) is 0 Å². The molecule has 0 saturated carbocycles. The third-order valence-electron chi connectivity index (χ3n) is 7.70. The van der Waals surface area contributed by atoms with E-state index in [0.29, 0.717) is 25.2 Å². The van der Waals surface area contributed by atoms with Crippen molar-refractivity contribution in [1.82, 2.24) is 10.2 Å². The predicted molar refractivity (Wildman–Crippen MR) is 148 cm³/mol. The first kappa shape index (κ1) is 28.3. The van der Waals surface area contributed by atoms with Gasteiger partial charge in [0.2, 0.25) is 0 Å². The fraction of sp³-hybridized carbons (Fsp3) is 0.821. The summed E-state index contributed by atoms with van der Waals surface area (Å²) in [5.41, 5.74) is 12.7. The molecule has 36 heavy (non-hydrogen) atoms. The van der Waals surface area contributed by atoms with Crippen LogP contribution in [0, 0.1) is 0 Å². The van der Waals surface area contributed by atoms with Crippen LogP contribution in [-0.2, 0) is 9.53 Å². The molecule has 3 aliphatic rings. The van der Waals surface area contributed by atoms with E-state index < -0.39 is 0 Å². The molecule has 3 rings (SSSR count). The lowest BCUT2D eigenvalue weighted by atomic mass is 9.95. The van der Waals surface area contributed by atoms with Crippen LogP contribution in [0.1, 0.15) is 117 Å². The maximum absolute atomic E-state index is 13.3. The first-order chi connectivity index (χ1) is 17.5. The van der Waals surface area contributed by atoms with Gasteiger partial charge in [-0.15, -0.1) is 0 Å². The van der Waals surface area contributed by atoms with E-state index in [0.717, 1.165) is 75.0 Å². The SMILES string of the molecule is CCCCCCCC[C@H]1C[C@H]2CCC3=C(C(=O)OCCCCN=C(N)N)C(CCCCC)N=C(N1)N32. The standard InChI is InChI=1S/C28H50N6O2/c1-3-5-7-8-9-11-14-21-20-22-16-17-24-25(26(35)36-19-13-12-18-31-27(29)30)23(15-10-6-4-2)33-28(32-21)34(22)24/h21-23H,3-20H2,1-2H3,(H,32,33)(H4,29,30,31)/t21-,22+,23?/m0/s1. The van der Waals surface area contributed by atoms with Crippen LogP contribution in [0.5, 0.6) is 0 Å². The van der Waals surface area contributed by atoms with Gasteiger partial charge in [0.1, 0.15) is 0 Å². The molecule has 0 spiro atoms. The Balaban J connectivity index is 1.61. The normalized spacial score (nSPS) is 22.7. The van der Waals surface area contributed by atoms with Crippen molar-refractivity contribution >= 4 is 17.9 Å². The molecule has 204 valence electrons. The van der Waals surface area contributed by atoms with Gasteiger partial charge < -0.3 is 26.4 Å². The molecular weight excluding hydrogens is 452 g/mol. The lowest BCUT2D eigenvalue weighted by molar-refractivity contribution is -0.139. The number of allylic oxidation sites excluding steroid dienone is 1. The highest BCUT2D eigenvalue weighted by Crippen LogP contribution is 2.40. The van der Waals surface area contributed by atoms with E-state index in [1.54, 1.807) is 0 Å². The minimum Gasteiger partial charge on any atom is -0.462 e. The molecule has 1 unspecified atom stereocenters.